The van der Waals surface area contributed by atoms with Crippen molar-refractivity contribution in [2.75, 3.05) is 6.54 Å². The Morgan fingerprint density at radius 3 is 2.72 bits per heavy atom. The van der Waals surface area contributed by atoms with Crippen LogP contribution in [0.25, 0.3) is 17.2 Å². The molecule has 2 aromatic heterocycles. The number of nitrogens with one attached hydrogen (secondary N) is 1. The van der Waals surface area contributed by atoms with E-state index in [1.165, 1.54) is 0 Å². The molecule has 0 bridgehead atoms. The van der Waals surface area contributed by atoms with Gasteiger partial charge in [-0.15, -0.1) is 5.10 Å². The van der Waals surface area contributed by atoms with Gasteiger partial charge in [0, 0.05) is 29.1 Å². The van der Waals surface area contributed by atoms with Gasteiger partial charge in [0.25, 0.3) is 5.78 Å². The lowest BCUT2D eigenvalue weighted by atomic mass is 10.1. The number of aryl methyl sites for hydroxylation is 2. The Balaban J connectivity index is 2.02. The number of aromatic nitrogens is 4. The third-order valence-electron chi connectivity index (χ3n) is 4.07. The summed E-state index contributed by atoms with van der Waals surface area (Å²) >= 11 is 6.24. The maximum atomic E-state index is 12.1. The number of rotatable bonds is 5. The van der Waals surface area contributed by atoms with Crippen LogP contribution in [0.3, 0.4) is 0 Å². The number of hydrogen-bond acceptors (Lipinski definition) is 4. The Hall–Kier alpha value is -2.47. The molecular formula is C18H20ClN5O. The van der Waals surface area contributed by atoms with Gasteiger partial charge in [0.1, 0.15) is 0 Å². The van der Waals surface area contributed by atoms with Crippen molar-refractivity contribution in [3.8, 4) is 11.4 Å². The van der Waals surface area contributed by atoms with Crippen LogP contribution < -0.4 is 5.32 Å². The van der Waals surface area contributed by atoms with Crippen LogP contribution in [0.2, 0.25) is 5.02 Å². The van der Waals surface area contributed by atoms with Crippen molar-refractivity contribution >= 4 is 23.3 Å². The summed E-state index contributed by atoms with van der Waals surface area (Å²) in [4.78, 5) is 21.1. The Bertz CT molecular complexity index is 935. The summed E-state index contributed by atoms with van der Waals surface area (Å²) in [6, 6.07) is 7.43. The number of amides is 1. The predicted octanol–water partition coefficient (Wildman–Crippen LogP) is 3.13. The zero-order valence-electron chi connectivity index (χ0n) is 14.5. The zero-order valence-corrected chi connectivity index (χ0v) is 15.3. The third-order valence-corrected chi connectivity index (χ3v) is 4.40. The van der Waals surface area contributed by atoms with Gasteiger partial charge < -0.3 is 5.32 Å². The summed E-state index contributed by atoms with van der Waals surface area (Å²) in [5.74, 6) is 1.01. The van der Waals surface area contributed by atoms with Gasteiger partial charge in [-0.2, -0.15) is 4.98 Å². The fraction of sp³-hybridized carbons (Fsp3) is 0.333. The highest BCUT2D eigenvalue weighted by Gasteiger charge is 2.17. The molecule has 0 spiro atoms. The van der Waals surface area contributed by atoms with E-state index in [1.54, 1.807) is 10.6 Å². The van der Waals surface area contributed by atoms with Crippen LogP contribution in [0.15, 0.2) is 24.3 Å². The summed E-state index contributed by atoms with van der Waals surface area (Å²) in [5, 5.41) is 8.02. The minimum absolute atomic E-state index is 0.0133. The normalized spacial score (nSPS) is 11.0. The number of hydrogen-bond donors (Lipinski definition) is 1. The summed E-state index contributed by atoms with van der Waals surface area (Å²) in [7, 11) is 0. The minimum Gasteiger partial charge on any atom is -0.356 e. The fourth-order valence-electron chi connectivity index (χ4n) is 2.71. The smallest absolute Gasteiger partial charge is 0.253 e. The lowest BCUT2D eigenvalue weighted by Gasteiger charge is -2.10. The Morgan fingerprint density at radius 2 is 2.00 bits per heavy atom. The molecule has 0 fully saturated rings. The van der Waals surface area contributed by atoms with Gasteiger partial charge in [-0.25, -0.2) is 9.50 Å². The van der Waals surface area contributed by atoms with Gasteiger partial charge in [-0.3, -0.25) is 4.79 Å². The molecule has 0 saturated heterocycles. The molecule has 25 heavy (non-hydrogen) atoms. The largest absolute Gasteiger partial charge is 0.356 e. The van der Waals surface area contributed by atoms with E-state index < -0.39 is 0 Å². The quantitative estimate of drug-likeness (QED) is 0.761. The van der Waals surface area contributed by atoms with Crippen molar-refractivity contribution in [1.29, 1.82) is 0 Å². The summed E-state index contributed by atoms with van der Waals surface area (Å²) in [5.41, 5.74) is 3.28. The second kappa shape index (κ2) is 7.19. The molecule has 0 aliphatic rings. The van der Waals surface area contributed by atoms with Gasteiger partial charge in [0.05, 0.1) is 11.4 Å². The van der Waals surface area contributed by atoms with Crippen molar-refractivity contribution in [2.24, 2.45) is 0 Å². The van der Waals surface area contributed by atoms with Crippen LogP contribution in [0.5, 0.6) is 0 Å². The number of carbonyl (C=O) groups excluding carboxylic acids is 1. The first kappa shape index (κ1) is 17.4. The van der Waals surface area contributed by atoms with Gasteiger partial charge in [0.15, 0.2) is 5.82 Å². The highest BCUT2D eigenvalue weighted by atomic mass is 35.5. The molecular weight excluding hydrogens is 338 g/mol. The van der Waals surface area contributed by atoms with E-state index in [0.717, 1.165) is 28.9 Å². The van der Waals surface area contributed by atoms with E-state index >= 15 is 0 Å². The van der Waals surface area contributed by atoms with Gasteiger partial charge >= 0.3 is 0 Å². The first-order valence-electron chi connectivity index (χ1n) is 8.25. The number of carbonyl (C=O) groups is 1. The number of halogens is 1. The van der Waals surface area contributed by atoms with E-state index in [9.17, 15) is 4.79 Å². The summed E-state index contributed by atoms with van der Waals surface area (Å²) in [6.45, 7) is 6.51. The average Bonchev–Trinajstić information content (AvgIpc) is 3.01. The van der Waals surface area contributed by atoms with Crippen molar-refractivity contribution in [2.45, 2.75) is 33.6 Å². The Labute approximate surface area is 151 Å². The molecule has 6 nitrogen and oxygen atoms in total. The molecule has 0 aliphatic heterocycles. The molecule has 1 N–H and O–H groups in total. The molecule has 7 heteroatoms. The summed E-state index contributed by atoms with van der Waals surface area (Å²) < 4.78 is 1.67. The first-order chi connectivity index (χ1) is 12.0. The highest BCUT2D eigenvalue weighted by molar-refractivity contribution is 6.33. The summed E-state index contributed by atoms with van der Waals surface area (Å²) in [6.07, 6.45) is 1.19. The third kappa shape index (κ3) is 3.49. The molecule has 0 aliphatic carbocycles. The molecule has 2 heterocycles. The lowest BCUT2D eigenvalue weighted by molar-refractivity contribution is -0.120. The lowest BCUT2D eigenvalue weighted by Crippen LogP contribution is -2.26. The zero-order chi connectivity index (χ0) is 18.0. The second-order valence-corrected chi connectivity index (χ2v) is 6.32. The van der Waals surface area contributed by atoms with E-state index in [-0.39, 0.29) is 12.3 Å². The van der Waals surface area contributed by atoms with E-state index in [4.69, 9.17) is 11.6 Å². The van der Waals surface area contributed by atoms with E-state index in [1.807, 2.05) is 39.0 Å². The topological polar surface area (TPSA) is 72.2 Å². The number of fused-ring (bicyclic) bond motifs is 1. The van der Waals surface area contributed by atoms with Crippen LogP contribution in [0, 0.1) is 13.8 Å². The molecule has 0 radical (unpaired) electrons. The molecule has 1 amide bonds. The molecule has 3 rings (SSSR count). The van der Waals surface area contributed by atoms with Crippen molar-refractivity contribution in [3.63, 3.8) is 0 Å². The molecule has 0 saturated carbocycles. The van der Waals surface area contributed by atoms with Crippen molar-refractivity contribution < 1.29 is 4.79 Å². The molecule has 130 valence electrons. The van der Waals surface area contributed by atoms with Gasteiger partial charge in [-0.05, 0) is 32.4 Å². The Kier molecular flexibility index (Phi) is 4.99. The van der Waals surface area contributed by atoms with Gasteiger partial charge in [0.2, 0.25) is 5.91 Å². The molecule has 3 aromatic rings. The van der Waals surface area contributed by atoms with Gasteiger partial charge in [-0.1, -0.05) is 30.7 Å². The van der Waals surface area contributed by atoms with Crippen LogP contribution in [-0.4, -0.2) is 32.0 Å². The van der Waals surface area contributed by atoms with E-state index in [0.29, 0.717) is 23.2 Å². The van der Waals surface area contributed by atoms with Crippen LogP contribution in [-0.2, 0) is 11.2 Å². The minimum atomic E-state index is -0.0133. The van der Waals surface area contributed by atoms with E-state index in [2.05, 4.69) is 20.4 Å². The Morgan fingerprint density at radius 1 is 1.24 bits per heavy atom. The highest BCUT2D eigenvalue weighted by Crippen LogP contribution is 2.25. The predicted molar refractivity (Wildman–Crippen MR) is 97.7 cm³/mol. The SMILES string of the molecule is CCCNC(=O)Cc1c(C)nc2nc(-c3ccccc3Cl)nn2c1C. The second-order valence-electron chi connectivity index (χ2n) is 5.91. The van der Waals surface area contributed by atoms with Crippen LogP contribution in [0.1, 0.15) is 30.3 Å². The standard InChI is InChI=1S/C18H20ClN5O/c1-4-9-20-16(25)10-14-11(2)21-18-22-17(23-24(18)12(14)3)13-7-5-6-8-15(13)19/h5-8H,4,9-10H2,1-3H3,(H,20,25). The first-order valence-corrected chi connectivity index (χ1v) is 8.63. The molecule has 0 atom stereocenters. The van der Waals surface area contributed by atoms with Crippen molar-refractivity contribution in [3.05, 3.63) is 46.2 Å². The van der Waals surface area contributed by atoms with Crippen LogP contribution in [0.4, 0.5) is 0 Å². The number of benzene rings is 1. The maximum absolute atomic E-state index is 12.1. The van der Waals surface area contributed by atoms with Crippen LogP contribution >= 0.6 is 11.6 Å². The molecule has 1 aromatic carbocycles. The monoisotopic (exact) mass is 357 g/mol. The number of nitrogens with zero attached hydrogens (tertiary/aromatic N) is 4. The fourth-order valence-corrected chi connectivity index (χ4v) is 2.93. The average molecular weight is 358 g/mol. The molecule has 0 unspecified atom stereocenters. The maximum Gasteiger partial charge on any atom is 0.253 e. The van der Waals surface area contributed by atoms with Crippen molar-refractivity contribution in [1.82, 2.24) is 24.9 Å².